The molecule has 0 aliphatic heterocycles. The molecule has 2 aromatic rings. The van der Waals surface area contributed by atoms with Gasteiger partial charge in [0.25, 0.3) is 5.91 Å². The van der Waals surface area contributed by atoms with Crippen molar-refractivity contribution in [3.8, 4) is 0 Å². The Morgan fingerprint density at radius 1 is 1.18 bits per heavy atom. The van der Waals surface area contributed by atoms with Gasteiger partial charge in [-0.15, -0.1) is 0 Å². The number of likely N-dealkylation sites (N-methyl/N-ethyl adjacent to an activating group) is 1. The highest BCUT2D eigenvalue weighted by Crippen LogP contribution is 2.19. The first kappa shape index (κ1) is 16.7. The molecular formula is C16H16Cl2FN2O+. The van der Waals surface area contributed by atoms with Gasteiger partial charge >= 0.3 is 0 Å². The minimum absolute atomic E-state index is 0.0189. The molecule has 1 atom stereocenters. The van der Waals surface area contributed by atoms with Gasteiger partial charge in [-0.3, -0.25) is 4.79 Å². The molecule has 1 unspecified atom stereocenters. The van der Waals surface area contributed by atoms with Gasteiger partial charge in [0, 0.05) is 16.3 Å². The molecule has 0 saturated carbocycles. The molecule has 2 aromatic carbocycles. The maximum atomic E-state index is 13.1. The van der Waals surface area contributed by atoms with Crippen molar-refractivity contribution in [2.75, 3.05) is 18.9 Å². The third kappa shape index (κ3) is 4.70. The highest BCUT2D eigenvalue weighted by Gasteiger charge is 2.13. The number of carbonyl (C=O) groups excluding carboxylic acids is 1. The van der Waals surface area contributed by atoms with Crippen molar-refractivity contribution < 1.29 is 14.1 Å². The van der Waals surface area contributed by atoms with Crippen LogP contribution in [0.25, 0.3) is 0 Å². The lowest BCUT2D eigenvalue weighted by molar-refractivity contribution is -0.885. The summed E-state index contributed by atoms with van der Waals surface area (Å²) in [5.41, 5.74) is 1.46. The molecule has 0 saturated heterocycles. The fourth-order valence-corrected chi connectivity index (χ4v) is 2.47. The van der Waals surface area contributed by atoms with Gasteiger partial charge in [-0.05, 0) is 24.3 Å². The Hall–Kier alpha value is -1.62. The molecule has 0 aliphatic carbocycles. The largest absolute Gasteiger partial charge is 0.326 e. The summed E-state index contributed by atoms with van der Waals surface area (Å²) in [6, 6.07) is 11.6. The van der Waals surface area contributed by atoms with Crippen molar-refractivity contribution in [3.05, 3.63) is 63.9 Å². The normalized spacial score (nSPS) is 12.0. The first-order valence-electron chi connectivity index (χ1n) is 6.75. The van der Waals surface area contributed by atoms with Crippen LogP contribution in [0.5, 0.6) is 0 Å². The lowest BCUT2D eigenvalue weighted by Gasteiger charge is -2.14. The average molecular weight is 342 g/mol. The van der Waals surface area contributed by atoms with E-state index in [-0.39, 0.29) is 17.5 Å². The molecule has 0 radical (unpaired) electrons. The molecule has 0 bridgehead atoms. The Morgan fingerprint density at radius 2 is 1.91 bits per heavy atom. The van der Waals surface area contributed by atoms with Crippen molar-refractivity contribution >= 4 is 34.8 Å². The molecule has 2 rings (SSSR count). The van der Waals surface area contributed by atoms with Crippen LogP contribution in [-0.2, 0) is 11.3 Å². The number of halogens is 3. The second-order valence-corrected chi connectivity index (χ2v) is 5.89. The first-order valence-corrected chi connectivity index (χ1v) is 7.51. The van der Waals surface area contributed by atoms with Gasteiger partial charge in [0.1, 0.15) is 12.4 Å². The van der Waals surface area contributed by atoms with Gasteiger partial charge in [-0.25, -0.2) is 4.39 Å². The van der Waals surface area contributed by atoms with Gasteiger partial charge in [-0.2, -0.15) is 0 Å². The summed E-state index contributed by atoms with van der Waals surface area (Å²) in [6.07, 6.45) is 0. The summed E-state index contributed by atoms with van der Waals surface area (Å²) in [6.45, 7) is 0.900. The van der Waals surface area contributed by atoms with E-state index in [0.29, 0.717) is 17.3 Å². The van der Waals surface area contributed by atoms with Crippen LogP contribution in [0.2, 0.25) is 10.0 Å². The quantitative estimate of drug-likeness (QED) is 0.861. The second kappa shape index (κ2) is 7.58. The summed E-state index contributed by atoms with van der Waals surface area (Å²) < 4.78 is 13.1. The predicted molar refractivity (Wildman–Crippen MR) is 86.9 cm³/mol. The third-order valence-electron chi connectivity index (χ3n) is 3.12. The number of hydrogen-bond donors (Lipinski definition) is 2. The SMILES string of the molecule is C[NH+](CC(=O)Nc1ccc(F)c(Cl)c1)Cc1ccccc1Cl. The highest BCUT2D eigenvalue weighted by atomic mass is 35.5. The number of amides is 1. The van der Waals surface area contributed by atoms with Crippen LogP contribution in [-0.4, -0.2) is 19.5 Å². The van der Waals surface area contributed by atoms with Crippen LogP contribution in [0.1, 0.15) is 5.56 Å². The number of anilines is 1. The van der Waals surface area contributed by atoms with E-state index in [2.05, 4.69) is 5.32 Å². The van der Waals surface area contributed by atoms with Crippen molar-refractivity contribution in [2.24, 2.45) is 0 Å². The highest BCUT2D eigenvalue weighted by molar-refractivity contribution is 6.31. The van der Waals surface area contributed by atoms with E-state index < -0.39 is 5.82 Å². The van der Waals surface area contributed by atoms with Crippen LogP contribution >= 0.6 is 23.2 Å². The summed E-state index contributed by atoms with van der Waals surface area (Å²) in [5.74, 6) is -0.687. The Kier molecular flexibility index (Phi) is 5.77. The standard InChI is InChI=1S/C16H15Cl2FN2O/c1-21(9-11-4-2-3-5-13(11)17)10-16(22)20-12-6-7-15(19)14(18)8-12/h2-8H,9-10H2,1H3,(H,20,22)/p+1. The zero-order valence-electron chi connectivity index (χ0n) is 12.0. The van der Waals surface area contributed by atoms with Crippen LogP contribution in [0.3, 0.4) is 0 Å². The van der Waals surface area contributed by atoms with Crippen LogP contribution < -0.4 is 10.2 Å². The molecule has 1 amide bonds. The maximum Gasteiger partial charge on any atom is 0.279 e. The average Bonchev–Trinajstić information content (AvgIpc) is 2.45. The number of rotatable bonds is 5. The Balaban J connectivity index is 1.91. The van der Waals surface area contributed by atoms with E-state index in [1.165, 1.54) is 18.2 Å². The van der Waals surface area contributed by atoms with Crippen LogP contribution in [0.15, 0.2) is 42.5 Å². The summed E-state index contributed by atoms with van der Waals surface area (Å²) in [7, 11) is 1.90. The predicted octanol–water partition coefficient (Wildman–Crippen LogP) is 2.79. The molecule has 116 valence electrons. The first-order chi connectivity index (χ1) is 10.5. The van der Waals surface area contributed by atoms with E-state index in [0.717, 1.165) is 10.5 Å². The van der Waals surface area contributed by atoms with Crippen molar-refractivity contribution in [2.45, 2.75) is 6.54 Å². The van der Waals surface area contributed by atoms with Crippen molar-refractivity contribution in [1.29, 1.82) is 0 Å². The van der Waals surface area contributed by atoms with Gasteiger partial charge in [-0.1, -0.05) is 41.4 Å². The number of benzene rings is 2. The Labute approximate surface area is 138 Å². The lowest BCUT2D eigenvalue weighted by atomic mass is 10.2. The monoisotopic (exact) mass is 341 g/mol. The Morgan fingerprint density at radius 3 is 2.59 bits per heavy atom. The second-order valence-electron chi connectivity index (χ2n) is 5.08. The fourth-order valence-electron chi connectivity index (χ4n) is 2.08. The van der Waals surface area contributed by atoms with E-state index in [1.807, 2.05) is 31.3 Å². The number of carbonyl (C=O) groups is 1. The van der Waals surface area contributed by atoms with Gasteiger partial charge in [0.05, 0.1) is 12.1 Å². The maximum absolute atomic E-state index is 13.1. The van der Waals surface area contributed by atoms with E-state index in [9.17, 15) is 9.18 Å². The summed E-state index contributed by atoms with van der Waals surface area (Å²) in [4.78, 5) is 13.0. The fraction of sp³-hybridized carbons (Fsp3) is 0.188. The number of nitrogens with one attached hydrogen (secondary N) is 2. The van der Waals surface area contributed by atoms with Crippen molar-refractivity contribution in [3.63, 3.8) is 0 Å². The zero-order valence-corrected chi connectivity index (χ0v) is 13.5. The van der Waals surface area contributed by atoms with Crippen molar-refractivity contribution in [1.82, 2.24) is 0 Å². The zero-order chi connectivity index (χ0) is 16.1. The van der Waals surface area contributed by atoms with Crippen LogP contribution in [0.4, 0.5) is 10.1 Å². The van der Waals surface area contributed by atoms with E-state index in [4.69, 9.17) is 23.2 Å². The van der Waals surface area contributed by atoms with Gasteiger partial charge in [0.15, 0.2) is 6.54 Å². The molecule has 0 heterocycles. The smallest absolute Gasteiger partial charge is 0.279 e. The summed E-state index contributed by atoms with van der Waals surface area (Å²) >= 11 is 11.8. The molecule has 0 aliphatic rings. The number of quaternary nitrogens is 1. The molecule has 22 heavy (non-hydrogen) atoms. The minimum Gasteiger partial charge on any atom is -0.326 e. The molecule has 0 fully saturated rings. The Bertz CT molecular complexity index is 679. The van der Waals surface area contributed by atoms with E-state index >= 15 is 0 Å². The molecule has 2 N–H and O–H groups in total. The van der Waals surface area contributed by atoms with Gasteiger partial charge in [0.2, 0.25) is 0 Å². The lowest BCUT2D eigenvalue weighted by Crippen LogP contribution is -3.08. The summed E-state index contributed by atoms with van der Waals surface area (Å²) in [5, 5.41) is 3.37. The van der Waals surface area contributed by atoms with Gasteiger partial charge < -0.3 is 10.2 Å². The molecule has 0 aromatic heterocycles. The molecular weight excluding hydrogens is 326 g/mol. The van der Waals surface area contributed by atoms with E-state index in [1.54, 1.807) is 0 Å². The third-order valence-corrected chi connectivity index (χ3v) is 3.77. The topological polar surface area (TPSA) is 33.5 Å². The molecule has 3 nitrogen and oxygen atoms in total. The number of hydrogen-bond acceptors (Lipinski definition) is 1. The molecule has 0 spiro atoms. The van der Waals surface area contributed by atoms with Crippen LogP contribution in [0, 0.1) is 5.82 Å². The minimum atomic E-state index is -0.513. The molecule has 6 heteroatoms.